The molecule has 0 aliphatic carbocycles. The fraction of sp³-hybridized carbons (Fsp3) is 0.188. The zero-order valence-electron chi connectivity index (χ0n) is 11.1. The monoisotopic (exact) mass is 252 g/mol. The van der Waals surface area contributed by atoms with Crippen molar-refractivity contribution in [2.75, 3.05) is 0 Å². The van der Waals surface area contributed by atoms with E-state index in [4.69, 9.17) is 0 Å². The number of hydrogen-bond acceptors (Lipinski definition) is 2. The van der Waals surface area contributed by atoms with E-state index in [2.05, 4.69) is 42.0 Å². The minimum absolute atomic E-state index is 0.0493. The largest absolute Gasteiger partial charge is 0.392 e. The summed E-state index contributed by atoms with van der Waals surface area (Å²) in [5.74, 6) is 0.890. The molecule has 0 radical (unpaired) electrons. The highest BCUT2D eigenvalue weighted by atomic mass is 16.3. The third-order valence-corrected chi connectivity index (χ3v) is 3.45. The third-order valence-electron chi connectivity index (χ3n) is 3.45. The molecular weight excluding hydrogens is 236 g/mol. The second-order valence-electron chi connectivity index (χ2n) is 4.86. The first-order valence-electron chi connectivity index (χ1n) is 6.35. The Balaban J connectivity index is 2.21. The molecule has 2 aromatic carbocycles. The van der Waals surface area contributed by atoms with Gasteiger partial charge in [-0.05, 0) is 42.7 Å². The Bertz CT molecular complexity index is 723. The molecule has 1 aromatic heterocycles. The standard InChI is InChI=1S/C16H16N2O/c1-10-4-3-5-11(2)15(10)16-17-13-7-6-12(9-19)8-14(13)18-16/h3-8,19H,9H2,1-2H3,(H,17,18). The van der Waals surface area contributed by atoms with Crippen LogP contribution < -0.4 is 0 Å². The van der Waals surface area contributed by atoms with Gasteiger partial charge in [-0.15, -0.1) is 0 Å². The molecule has 2 N–H and O–H groups in total. The van der Waals surface area contributed by atoms with Crippen LogP contribution in [0.5, 0.6) is 0 Å². The smallest absolute Gasteiger partial charge is 0.139 e. The molecule has 1 heterocycles. The Morgan fingerprint density at radius 1 is 1.11 bits per heavy atom. The summed E-state index contributed by atoms with van der Waals surface area (Å²) in [5, 5.41) is 9.17. The number of aliphatic hydroxyl groups is 1. The Labute approximate surface area is 111 Å². The molecule has 96 valence electrons. The van der Waals surface area contributed by atoms with Crippen molar-refractivity contribution in [2.45, 2.75) is 20.5 Å². The van der Waals surface area contributed by atoms with Gasteiger partial charge in [-0.2, -0.15) is 0 Å². The first kappa shape index (κ1) is 11.9. The lowest BCUT2D eigenvalue weighted by atomic mass is 10.0. The maximum absolute atomic E-state index is 9.17. The van der Waals surface area contributed by atoms with Crippen LogP contribution in [0, 0.1) is 13.8 Å². The number of aryl methyl sites for hydroxylation is 2. The number of imidazole rings is 1. The van der Waals surface area contributed by atoms with Crippen LogP contribution >= 0.6 is 0 Å². The van der Waals surface area contributed by atoms with Crippen LogP contribution in [-0.2, 0) is 6.61 Å². The highest BCUT2D eigenvalue weighted by Gasteiger charge is 2.10. The molecule has 3 nitrogen and oxygen atoms in total. The minimum atomic E-state index is 0.0493. The molecule has 3 heteroatoms. The summed E-state index contributed by atoms with van der Waals surface area (Å²) in [5.41, 5.74) is 6.36. The Morgan fingerprint density at radius 3 is 2.53 bits per heavy atom. The highest BCUT2D eigenvalue weighted by molar-refractivity contribution is 5.81. The minimum Gasteiger partial charge on any atom is -0.392 e. The number of aliphatic hydroxyl groups excluding tert-OH is 1. The summed E-state index contributed by atoms with van der Waals surface area (Å²) >= 11 is 0. The molecule has 3 rings (SSSR count). The maximum Gasteiger partial charge on any atom is 0.139 e. The zero-order chi connectivity index (χ0) is 13.4. The topological polar surface area (TPSA) is 48.9 Å². The van der Waals surface area contributed by atoms with E-state index in [1.165, 1.54) is 11.1 Å². The first-order chi connectivity index (χ1) is 9.19. The average molecular weight is 252 g/mol. The summed E-state index contributed by atoms with van der Waals surface area (Å²) < 4.78 is 0. The molecule has 3 aromatic rings. The number of benzene rings is 2. The average Bonchev–Trinajstić information content (AvgIpc) is 2.80. The molecule has 0 fully saturated rings. The number of fused-ring (bicyclic) bond motifs is 1. The van der Waals surface area contributed by atoms with Gasteiger partial charge in [-0.25, -0.2) is 4.98 Å². The molecule has 19 heavy (non-hydrogen) atoms. The number of rotatable bonds is 2. The van der Waals surface area contributed by atoms with Gasteiger partial charge in [0.2, 0.25) is 0 Å². The molecule has 0 aliphatic rings. The molecule has 0 spiro atoms. The lowest BCUT2D eigenvalue weighted by Gasteiger charge is -2.05. The van der Waals surface area contributed by atoms with E-state index in [-0.39, 0.29) is 6.61 Å². The van der Waals surface area contributed by atoms with E-state index in [1.807, 2.05) is 18.2 Å². The van der Waals surface area contributed by atoms with Gasteiger partial charge in [-0.1, -0.05) is 24.3 Å². The van der Waals surface area contributed by atoms with Crippen molar-refractivity contribution in [1.29, 1.82) is 0 Å². The Morgan fingerprint density at radius 2 is 1.84 bits per heavy atom. The van der Waals surface area contributed by atoms with E-state index in [0.717, 1.165) is 28.0 Å². The van der Waals surface area contributed by atoms with Gasteiger partial charge < -0.3 is 10.1 Å². The fourth-order valence-corrected chi connectivity index (χ4v) is 2.46. The SMILES string of the molecule is Cc1cccc(C)c1-c1nc2ccc(CO)cc2[nH]1. The van der Waals surface area contributed by atoms with E-state index in [1.54, 1.807) is 0 Å². The van der Waals surface area contributed by atoms with E-state index in [9.17, 15) is 5.11 Å². The zero-order valence-corrected chi connectivity index (χ0v) is 11.1. The third kappa shape index (κ3) is 2.02. The Kier molecular flexibility index (Phi) is 2.84. The van der Waals surface area contributed by atoms with Gasteiger partial charge in [0.05, 0.1) is 17.6 Å². The highest BCUT2D eigenvalue weighted by Crippen LogP contribution is 2.27. The Hall–Kier alpha value is -2.13. The van der Waals surface area contributed by atoms with Crippen LogP contribution in [0.2, 0.25) is 0 Å². The summed E-state index contributed by atoms with van der Waals surface area (Å²) in [4.78, 5) is 7.99. The van der Waals surface area contributed by atoms with E-state index >= 15 is 0 Å². The van der Waals surface area contributed by atoms with Gasteiger partial charge in [-0.3, -0.25) is 0 Å². The van der Waals surface area contributed by atoms with Crippen molar-refractivity contribution in [1.82, 2.24) is 9.97 Å². The van der Waals surface area contributed by atoms with Crippen molar-refractivity contribution in [3.05, 3.63) is 53.1 Å². The van der Waals surface area contributed by atoms with Gasteiger partial charge in [0, 0.05) is 5.56 Å². The molecule has 0 unspecified atom stereocenters. The molecular formula is C16H16N2O. The first-order valence-corrected chi connectivity index (χ1v) is 6.35. The van der Waals surface area contributed by atoms with Crippen LogP contribution in [0.25, 0.3) is 22.4 Å². The van der Waals surface area contributed by atoms with Crippen molar-refractivity contribution >= 4 is 11.0 Å². The summed E-state index contributed by atoms with van der Waals surface area (Å²) in [6, 6.07) is 12.0. The molecule has 0 bridgehead atoms. The normalized spacial score (nSPS) is 11.1. The summed E-state index contributed by atoms with van der Waals surface area (Å²) in [7, 11) is 0. The van der Waals surface area contributed by atoms with E-state index < -0.39 is 0 Å². The summed E-state index contributed by atoms with van der Waals surface area (Å²) in [6.45, 7) is 4.23. The quantitative estimate of drug-likeness (QED) is 0.735. The number of hydrogen-bond donors (Lipinski definition) is 2. The summed E-state index contributed by atoms with van der Waals surface area (Å²) in [6.07, 6.45) is 0. The molecule has 0 saturated carbocycles. The number of aromatic amines is 1. The van der Waals surface area contributed by atoms with Crippen molar-refractivity contribution in [2.24, 2.45) is 0 Å². The van der Waals surface area contributed by atoms with Crippen LogP contribution in [0.15, 0.2) is 36.4 Å². The van der Waals surface area contributed by atoms with Gasteiger partial charge >= 0.3 is 0 Å². The van der Waals surface area contributed by atoms with Crippen LogP contribution in [0.4, 0.5) is 0 Å². The second kappa shape index (κ2) is 4.52. The van der Waals surface area contributed by atoms with Crippen LogP contribution in [0.1, 0.15) is 16.7 Å². The van der Waals surface area contributed by atoms with Gasteiger partial charge in [0.15, 0.2) is 0 Å². The number of nitrogens with one attached hydrogen (secondary N) is 1. The van der Waals surface area contributed by atoms with E-state index in [0.29, 0.717) is 0 Å². The van der Waals surface area contributed by atoms with Crippen molar-refractivity contribution < 1.29 is 5.11 Å². The number of nitrogens with zero attached hydrogens (tertiary/aromatic N) is 1. The lowest BCUT2D eigenvalue weighted by molar-refractivity contribution is 0.282. The van der Waals surface area contributed by atoms with Gasteiger partial charge in [0.1, 0.15) is 5.82 Å². The lowest BCUT2D eigenvalue weighted by Crippen LogP contribution is -1.89. The van der Waals surface area contributed by atoms with Crippen molar-refractivity contribution in [3.63, 3.8) is 0 Å². The maximum atomic E-state index is 9.17. The van der Waals surface area contributed by atoms with Crippen LogP contribution in [-0.4, -0.2) is 15.1 Å². The molecule has 0 saturated heterocycles. The second-order valence-corrected chi connectivity index (χ2v) is 4.86. The molecule has 0 aliphatic heterocycles. The number of H-pyrrole nitrogens is 1. The predicted octanol–water partition coefficient (Wildman–Crippen LogP) is 3.34. The molecule has 0 atom stereocenters. The predicted molar refractivity (Wildman–Crippen MR) is 76.9 cm³/mol. The molecule has 0 amide bonds. The number of aromatic nitrogens is 2. The van der Waals surface area contributed by atoms with Crippen molar-refractivity contribution in [3.8, 4) is 11.4 Å². The van der Waals surface area contributed by atoms with Gasteiger partial charge in [0.25, 0.3) is 0 Å². The van der Waals surface area contributed by atoms with Crippen LogP contribution in [0.3, 0.4) is 0 Å². The fourth-order valence-electron chi connectivity index (χ4n) is 2.46.